The van der Waals surface area contributed by atoms with Crippen molar-refractivity contribution in [1.82, 2.24) is 0 Å². The lowest BCUT2D eigenvalue weighted by Gasteiger charge is -2.01. The van der Waals surface area contributed by atoms with Crippen LogP contribution in [0.25, 0.3) is 0 Å². The van der Waals surface area contributed by atoms with Gasteiger partial charge in [0.15, 0.2) is 0 Å². The Morgan fingerprint density at radius 1 is 1.67 bits per heavy atom. The van der Waals surface area contributed by atoms with E-state index in [9.17, 15) is 4.79 Å². The molecule has 1 aromatic rings. The summed E-state index contributed by atoms with van der Waals surface area (Å²) in [6, 6.07) is 8.00. The second kappa shape index (κ2) is 3.90. The molecule has 2 nitrogen and oxygen atoms in total. The summed E-state index contributed by atoms with van der Waals surface area (Å²) in [5, 5.41) is 8.77. The third kappa shape index (κ3) is 1.84. The number of rotatable bonds is 3. The number of carbonyl (C=O) groups is 1. The van der Waals surface area contributed by atoms with E-state index in [1.54, 1.807) is 18.2 Å². The van der Waals surface area contributed by atoms with E-state index < -0.39 is 5.97 Å². The molecule has 1 radical (unpaired) electrons. The Bertz CT molecular complexity index is 279. The van der Waals surface area contributed by atoms with Crippen LogP contribution in [0.15, 0.2) is 18.2 Å². The molecule has 63 valence electrons. The first-order valence-corrected chi connectivity index (χ1v) is 3.98. The van der Waals surface area contributed by atoms with Crippen molar-refractivity contribution < 1.29 is 9.90 Å². The molecule has 0 aliphatic rings. The zero-order chi connectivity index (χ0) is 8.97. The molecule has 12 heavy (non-hydrogen) atoms. The highest BCUT2D eigenvalue weighted by Gasteiger charge is 2.07. The molecule has 0 saturated heterocycles. The Hall–Kier alpha value is -1.31. The van der Waals surface area contributed by atoms with E-state index in [4.69, 9.17) is 5.11 Å². The number of aryl methyl sites for hydroxylation is 1. The monoisotopic (exact) mass is 163 g/mol. The number of hydrogen-bond donors (Lipinski definition) is 1. The topological polar surface area (TPSA) is 37.3 Å². The van der Waals surface area contributed by atoms with E-state index in [-0.39, 0.29) is 0 Å². The van der Waals surface area contributed by atoms with Crippen molar-refractivity contribution >= 4 is 5.97 Å². The van der Waals surface area contributed by atoms with Gasteiger partial charge in [0, 0.05) is 0 Å². The minimum Gasteiger partial charge on any atom is -0.478 e. The summed E-state index contributed by atoms with van der Waals surface area (Å²) in [5.74, 6) is -0.865. The second-order valence-corrected chi connectivity index (χ2v) is 2.62. The van der Waals surface area contributed by atoms with Crippen LogP contribution in [0.2, 0.25) is 0 Å². The van der Waals surface area contributed by atoms with Crippen molar-refractivity contribution in [2.45, 2.75) is 19.8 Å². The fourth-order valence-corrected chi connectivity index (χ4v) is 1.13. The summed E-state index contributed by atoms with van der Waals surface area (Å²) >= 11 is 0. The summed E-state index contributed by atoms with van der Waals surface area (Å²) in [7, 11) is 0. The van der Waals surface area contributed by atoms with Gasteiger partial charge in [0.05, 0.1) is 5.56 Å². The third-order valence-electron chi connectivity index (χ3n) is 1.67. The van der Waals surface area contributed by atoms with Crippen LogP contribution < -0.4 is 0 Å². The molecule has 0 aliphatic heterocycles. The van der Waals surface area contributed by atoms with Crippen molar-refractivity contribution in [3.05, 3.63) is 35.4 Å². The minimum atomic E-state index is -0.865. The molecular formula is C10H11O2. The van der Waals surface area contributed by atoms with Crippen LogP contribution in [0.3, 0.4) is 0 Å². The molecule has 0 bridgehead atoms. The number of carboxylic acids is 1. The van der Waals surface area contributed by atoms with Crippen LogP contribution in [0.5, 0.6) is 0 Å². The third-order valence-corrected chi connectivity index (χ3v) is 1.67. The predicted octanol–water partition coefficient (Wildman–Crippen LogP) is 2.14. The number of hydrogen-bond acceptors (Lipinski definition) is 1. The molecule has 0 unspecified atom stereocenters. The zero-order valence-corrected chi connectivity index (χ0v) is 7.00. The van der Waals surface area contributed by atoms with E-state index in [1.807, 2.05) is 6.92 Å². The van der Waals surface area contributed by atoms with Crippen LogP contribution in [-0.2, 0) is 6.42 Å². The van der Waals surface area contributed by atoms with Crippen LogP contribution in [0.1, 0.15) is 29.3 Å². The Labute approximate surface area is 71.8 Å². The van der Waals surface area contributed by atoms with Gasteiger partial charge in [-0.05, 0) is 24.1 Å². The van der Waals surface area contributed by atoms with Gasteiger partial charge in [-0.25, -0.2) is 4.79 Å². The molecule has 0 heterocycles. The maximum Gasteiger partial charge on any atom is 0.335 e. The molecule has 0 spiro atoms. The molecule has 1 aromatic carbocycles. The van der Waals surface area contributed by atoms with Gasteiger partial charge in [0.1, 0.15) is 0 Å². The van der Waals surface area contributed by atoms with Crippen LogP contribution in [0, 0.1) is 6.07 Å². The van der Waals surface area contributed by atoms with E-state index in [2.05, 4.69) is 6.07 Å². The quantitative estimate of drug-likeness (QED) is 0.741. The van der Waals surface area contributed by atoms with Gasteiger partial charge < -0.3 is 5.11 Å². The smallest absolute Gasteiger partial charge is 0.335 e. The van der Waals surface area contributed by atoms with Gasteiger partial charge in [-0.15, -0.1) is 0 Å². The van der Waals surface area contributed by atoms with Crippen molar-refractivity contribution in [2.75, 3.05) is 0 Å². The SMILES string of the molecule is CCCc1[c]cccc1C(=O)O. The van der Waals surface area contributed by atoms with Gasteiger partial charge in [-0.2, -0.15) is 0 Å². The van der Waals surface area contributed by atoms with E-state index in [0.29, 0.717) is 5.56 Å². The van der Waals surface area contributed by atoms with E-state index in [1.165, 1.54) is 0 Å². The Balaban J connectivity index is 3.00. The molecular weight excluding hydrogens is 152 g/mol. The van der Waals surface area contributed by atoms with Crippen LogP contribution in [-0.4, -0.2) is 11.1 Å². The summed E-state index contributed by atoms with van der Waals surface area (Å²) in [4.78, 5) is 10.7. The summed E-state index contributed by atoms with van der Waals surface area (Å²) in [6.07, 6.45) is 1.73. The lowest BCUT2D eigenvalue weighted by Crippen LogP contribution is -2.01. The lowest BCUT2D eigenvalue weighted by atomic mass is 10.0. The Kier molecular flexibility index (Phi) is 2.86. The molecule has 2 heteroatoms. The zero-order valence-electron chi connectivity index (χ0n) is 7.00. The molecule has 1 rings (SSSR count). The lowest BCUT2D eigenvalue weighted by molar-refractivity contribution is 0.0695. The standard InChI is InChI=1S/C10H11O2/c1-2-5-8-6-3-4-7-9(8)10(11)12/h3-4,7H,2,5H2,1H3,(H,11,12). The molecule has 0 fully saturated rings. The molecule has 1 N–H and O–H groups in total. The van der Waals surface area contributed by atoms with Gasteiger partial charge in [-0.3, -0.25) is 0 Å². The maximum atomic E-state index is 10.7. The average molecular weight is 163 g/mol. The Morgan fingerprint density at radius 3 is 3.00 bits per heavy atom. The van der Waals surface area contributed by atoms with Crippen LogP contribution >= 0.6 is 0 Å². The molecule has 0 saturated carbocycles. The van der Waals surface area contributed by atoms with Crippen molar-refractivity contribution in [3.63, 3.8) is 0 Å². The average Bonchev–Trinajstić information content (AvgIpc) is 2.05. The maximum absolute atomic E-state index is 10.7. The molecule has 0 atom stereocenters. The number of carboxylic acid groups (broad SMARTS) is 1. The number of aromatic carboxylic acids is 1. The fourth-order valence-electron chi connectivity index (χ4n) is 1.13. The highest BCUT2D eigenvalue weighted by Crippen LogP contribution is 2.09. The van der Waals surface area contributed by atoms with Gasteiger partial charge in [0.2, 0.25) is 0 Å². The van der Waals surface area contributed by atoms with Gasteiger partial charge in [-0.1, -0.05) is 25.5 Å². The molecule has 0 amide bonds. The molecule has 0 aliphatic carbocycles. The first kappa shape index (κ1) is 8.78. The molecule has 0 aromatic heterocycles. The summed E-state index contributed by atoms with van der Waals surface area (Å²) in [6.45, 7) is 2.02. The first-order chi connectivity index (χ1) is 5.75. The van der Waals surface area contributed by atoms with E-state index >= 15 is 0 Å². The van der Waals surface area contributed by atoms with Crippen LogP contribution in [0.4, 0.5) is 0 Å². The fraction of sp³-hybridized carbons (Fsp3) is 0.300. The predicted molar refractivity (Wildman–Crippen MR) is 46.2 cm³/mol. The number of benzene rings is 1. The minimum absolute atomic E-state index is 0.374. The summed E-state index contributed by atoms with van der Waals surface area (Å²) in [5.41, 5.74) is 1.17. The highest BCUT2D eigenvalue weighted by atomic mass is 16.4. The van der Waals surface area contributed by atoms with Crippen molar-refractivity contribution in [2.24, 2.45) is 0 Å². The normalized spacial score (nSPS) is 9.75. The van der Waals surface area contributed by atoms with Crippen molar-refractivity contribution in [1.29, 1.82) is 0 Å². The van der Waals surface area contributed by atoms with Gasteiger partial charge >= 0.3 is 5.97 Å². The van der Waals surface area contributed by atoms with Crippen molar-refractivity contribution in [3.8, 4) is 0 Å². The summed E-state index contributed by atoms with van der Waals surface area (Å²) < 4.78 is 0. The highest BCUT2D eigenvalue weighted by molar-refractivity contribution is 5.89. The first-order valence-electron chi connectivity index (χ1n) is 3.98. The largest absolute Gasteiger partial charge is 0.478 e. The Morgan fingerprint density at radius 2 is 2.42 bits per heavy atom. The van der Waals surface area contributed by atoms with Gasteiger partial charge in [0.25, 0.3) is 0 Å². The van der Waals surface area contributed by atoms with E-state index in [0.717, 1.165) is 18.4 Å². The second-order valence-electron chi connectivity index (χ2n) is 2.62.